The summed E-state index contributed by atoms with van der Waals surface area (Å²) in [6.07, 6.45) is 1.42. The zero-order valence-electron chi connectivity index (χ0n) is 10.5. The fourth-order valence-corrected chi connectivity index (χ4v) is 1.48. The first kappa shape index (κ1) is 13.4. The number of anilines is 2. The average molecular weight is 268 g/mol. The number of benzene rings is 1. The van der Waals surface area contributed by atoms with Gasteiger partial charge in [0.25, 0.3) is 5.91 Å². The number of aromatic nitrogens is 1. The van der Waals surface area contributed by atoms with Crippen molar-refractivity contribution in [1.29, 1.82) is 5.26 Å². The van der Waals surface area contributed by atoms with Gasteiger partial charge in [0, 0.05) is 5.69 Å². The summed E-state index contributed by atoms with van der Waals surface area (Å²) in [5.74, 6) is 0.242. The van der Waals surface area contributed by atoms with Crippen LogP contribution >= 0.6 is 0 Å². The number of nitrogens with two attached hydrogens (primary N) is 1. The van der Waals surface area contributed by atoms with Gasteiger partial charge in [-0.05, 0) is 36.4 Å². The molecule has 0 unspecified atom stereocenters. The summed E-state index contributed by atoms with van der Waals surface area (Å²) in [4.78, 5) is 15.8. The summed E-state index contributed by atoms with van der Waals surface area (Å²) in [7, 11) is 0. The molecule has 2 rings (SSSR count). The van der Waals surface area contributed by atoms with E-state index in [0.29, 0.717) is 17.1 Å². The standard InChI is InChI=1S/C14H12N4O2/c15-7-8-20-12-4-2-11(3-5-12)18-14(19)13-6-1-10(16)9-17-13/h1-6,9H,8,16H2,(H,18,19). The van der Waals surface area contributed by atoms with Crippen LogP contribution < -0.4 is 15.8 Å². The number of carbonyl (C=O) groups excluding carboxylic acids is 1. The molecular weight excluding hydrogens is 256 g/mol. The lowest BCUT2D eigenvalue weighted by atomic mass is 10.2. The highest BCUT2D eigenvalue weighted by molar-refractivity contribution is 6.02. The molecule has 3 N–H and O–H groups in total. The second-order valence-corrected chi connectivity index (χ2v) is 3.90. The van der Waals surface area contributed by atoms with Gasteiger partial charge in [-0.3, -0.25) is 4.79 Å². The van der Waals surface area contributed by atoms with Crippen molar-refractivity contribution in [3.8, 4) is 11.8 Å². The largest absolute Gasteiger partial charge is 0.479 e. The minimum absolute atomic E-state index is 0.0128. The van der Waals surface area contributed by atoms with Crippen LogP contribution in [0, 0.1) is 11.3 Å². The van der Waals surface area contributed by atoms with Crippen molar-refractivity contribution in [1.82, 2.24) is 4.98 Å². The lowest BCUT2D eigenvalue weighted by Crippen LogP contribution is -2.13. The summed E-state index contributed by atoms with van der Waals surface area (Å²) < 4.78 is 5.11. The molecule has 1 aromatic carbocycles. The summed E-state index contributed by atoms with van der Waals surface area (Å²) in [5.41, 5.74) is 6.90. The Kier molecular flexibility index (Phi) is 4.14. The molecule has 0 saturated carbocycles. The van der Waals surface area contributed by atoms with Gasteiger partial charge in [0.05, 0.1) is 11.9 Å². The van der Waals surface area contributed by atoms with E-state index in [0.717, 1.165) is 0 Å². The molecule has 1 heterocycles. The van der Waals surface area contributed by atoms with E-state index in [9.17, 15) is 4.79 Å². The first-order valence-corrected chi connectivity index (χ1v) is 5.82. The highest BCUT2D eigenvalue weighted by Gasteiger charge is 2.07. The third-order valence-electron chi connectivity index (χ3n) is 2.43. The smallest absolute Gasteiger partial charge is 0.274 e. The van der Waals surface area contributed by atoms with Crippen LogP contribution in [0.4, 0.5) is 11.4 Å². The van der Waals surface area contributed by atoms with Crippen molar-refractivity contribution in [2.45, 2.75) is 0 Å². The van der Waals surface area contributed by atoms with Crippen LogP contribution in [0.5, 0.6) is 5.75 Å². The highest BCUT2D eigenvalue weighted by atomic mass is 16.5. The molecule has 0 radical (unpaired) electrons. The van der Waals surface area contributed by atoms with Gasteiger partial charge in [-0.15, -0.1) is 0 Å². The maximum atomic E-state index is 11.9. The van der Waals surface area contributed by atoms with Crippen LogP contribution in [0.15, 0.2) is 42.6 Å². The lowest BCUT2D eigenvalue weighted by Gasteiger charge is -2.06. The predicted molar refractivity (Wildman–Crippen MR) is 74.2 cm³/mol. The maximum absolute atomic E-state index is 11.9. The van der Waals surface area contributed by atoms with E-state index in [-0.39, 0.29) is 18.2 Å². The van der Waals surface area contributed by atoms with Gasteiger partial charge in [-0.2, -0.15) is 5.26 Å². The number of nitrogen functional groups attached to an aromatic ring is 1. The van der Waals surface area contributed by atoms with Gasteiger partial charge in [-0.25, -0.2) is 4.98 Å². The Morgan fingerprint density at radius 1 is 1.30 bits per heavy atom. The van der Waals surface area contributed by atoms with E-state index in [4.69, 9.17) is 15.7 Å². The molecule has 1 amide bonds. The summed E-state index contributed by atoms with van der Waals surface area (Å²) in [6, 6.07) is 11.7. The van der Waals surface area contributed by atoms with Crippen molar-refractivity contribution in [2.75, 3.05) is 17.7 Å². The molecule has 0 spiro atoms. The van der Waals surface area contributed by atoms with Crippen molar-refractivity contribution in [3.63, 3.8) is 0 Å². The van der Waals surface area contributed by atoms with Gasteiger partial charge in [0.1, 0.15) is 17.5 Å². The number of ether oxygens (including phenoxy) is 1. The Morgan fingerprint density at radius 3 is 2.65 bits per heavy atom. The van der Waals surface area contributed by atoms with E-state index in [2.05, 4.69) is 10.3 Å². The zero-order valence-corrected chi connectivity index (χ0v) is 10.5. The van der Waals surface area contributed by atoms with Crippen molar-refractivity contribution >= 4 is 17.3 Å². The fourth-order valence-electron chi connectivity index (χ4n) is 1.48. The number of nitrogens with zero attached hydrogens (tertiary/aromatic N) is 2. The summed E-state index contributed by atoms with van der Waals surface area (Å²) in [6.45, 7) is -0.0128. The van der Waals surface area contributed by atoms with Gasteiger partial charge in [0.2, 0.25) is 0 Å². The van der Waals surface area contributed by atoms with Crippen LogP contribution in [0.2, 0.25) is 0 Å². The number of rotatable bonds is 4. The molecule has 0 fully saturated rings. The zero-order chi connectivity index (χ0) is 14.4. The Balaban J connectivity index is 2.01. The minimum Gasteiger partial charge on any atom is -0.479 e. The lowest BCUT2D eigenvalue weighted by molar-refractivity contribution is 0.102. The molecule has 2 aromatic rings. The number of nitrogens with one attached hydrogen (secondary N) is 1. The molecule has 0 saturated heterocycles. The van der Waals surface area contributed by atoms with Gasteiger partial charge in [0.15, 0.2) is 6.61 Å². The van der Waals surface area contributed by atoms with E-state index in [1.807, 2.05) is 6.07 Å². The topological polar surface area (TPSA) is 101 Å². The van der Waals surface area contributed by atoms with Gasteiger partial charge >= 0.3 is 0 Å². The number of pyridine rings is 1. The monoisotopic (exact) mass is 268 g/mol. The van der Waals surface area contributed by atoms with Crippen LogP contribution in [-0.2, 0) is 0 Å². The van der Waals surface area contributed by atoms with Crippen LogP contribution in [0.25, 0.3) is 0 Å². The number of nitriles is 1. The quantitative estimate of drug-likeness (QED) is 0.880. The number of carbonyl (C=O) groups is 1. The molecule has 20 heavy (non-hydrogen) atoms. The number of hydrogen-bond donors (Lipinski definition) is 2. The molecule has 0 aliphatic heterocycles. The molecular formula is C14H12N4O2. The molecule has 0 aliphatic carbocycles. The first-order valence-electron chi connectivity index (χ1n) is 5.82. The highest BCUT2D eigenvalue weighted by Crippen LogP contribution is 2.16. The Bertz CT molecular complexity index is 630. The minimum atomic E-state index is -0.323. The average Bonchev–Trinajstić information content (AvgIpc) is 2.47. The molecule has 0 bridgehead atoms. The van der Waals surface area contributed by atoms with Gasteiger partial charge < -0.3 is 15.8 Å². The molecule has 0 atom stereocenters. The molecule has 6 heteroatoms. The van der Waals surface area contributed by atoms with Crippen LogP contribution in [0.1, 0.15) is 10.5 Å². The van der Waals surface area contributed by atoms with Crippen molar-refractivity contribution in [3.05, 3.63) is 48.3 Å². The Labute approximate surface area is 115 Å². The summed E-state index contributed by atoms with van der Waals surface area (Å²) in [5, 5.41) is 11.1. The fraction of sp³-hybridized carbons (Fsp3) is 0.0714. The Morgan fingerprint density at radius 2 is 2.05 bits per heavy atom. The van der Waals surface area contributed by atoms with E-state index < -0.39 is 0 Å². The molecule has 100 valence electrons. The first-order chi connectivity index (χ1) is 9.69. The van der Waals surface area contributed by atoms with Crippen LogP contribution in [0.3, 0.4) is 0 Å². The van der Waals surface area contributed by atoms with E-state index >= 15 is 0 Å². The third kappa shape index (κ3) is 3.46. The third-order valence-corrected chi connectivity index (χ3v) is 2.43. The van der Waals surface area contributed by atoms with Crippen molar-refractivity contribution < 1.29 is 9.53 Å². The second-order valence-electron chi connectivity index (χ2n) is 3.90. The molecule has 1 aromatic heterocycles. The van der Waals surface area contributed by atoms with E-state index in [1.165, 1.54) is 6.20 Å². The number of amides is 1. The maximum Gasteiger partial charge on any atom is 0.274 e. The predicted octanol–water partition coefficient (Wildman–Crippen LogP) is 1.82. The number of hydrogen-bond acceptors (Lipinski definition) is 5. The SMILES string of the molecule is N#CCOc1ccc(NC(=O)c2ccc(N)cn2)cc1. The molecule has 0 aliphatic rings. The van der Waals surface area contributed by atoms with Gasteiger partial charge in [-0.1, -0.05) is 0 Å². The second kappa shape index (κ2) is 6.20. The Hall–Kier alpha value is -3.07. The summed E-state index contributed by atoms with van der Waals surface area (Å²) >= 11 is 0. The normalized spacial score (nSPS) is 9.55. The van der Waals surface area contributed by atoms with Crippen LogP contribution in [-0.4, -0.2) is 17.5 Å². The van der Waals surface area contributed by atoms with Crippen molar-refractivity contribution in [2.24, 2.45) is 0 Å². The van der Waals surface area contributed by atoms with E-state index in [1.54, 1.807) is 36.4 Å². The molecule has 6 nitrogen and oxygen atoms in total.